The van der Waals surface area contributed by atoms with Gasteiger partial charge in [0.1, 0.15) is 6.26 Å². The van der Waals surface area contributed by atoms with Crippen LogP contribution in [0.25, 0.3) is 0 Å². The van der Waals surface area contributed by atoms with Crippen LogP contribution in [0.3, 0.4) is 0 Å². The van der Waals surface area contributed by atoms with Crippen LogP contribution in [0.4, 0.5) is 6.01 Å². The summed E-state index contributed by atoms with van der Waals surface area (Å²) in [5.41, 5.74) is -0.708. The van der Waals surface area contributed by atoms with E-state index in [2.05, 4.69) is 10.3 Å². The molecule has 1 aromatic rings. The van der Waals surface area contributed by atoms with Crippen LogP contribution in [-0.2, 0) is 9.47 Å². The molecule has 1 aromatic heterocycles. The third-order valence-corrected chi connectivity index (χ3v) is 2.98. The van der Waals surface area contributed by atoms with Crippen LogP contribution in [0.15, 0.2) is 10.7 Å². The minimum atomic E-state index is -0.823. The van der Waals surface area contributed by atoms with Crippen molar-refractivity contribution in [1.82, 2.24) is 4.98 Å². The molecule has 1 fully saturated rings. The Hall–Kier alpha value is -1.60. The summed E-state index contributed by atoms with van der Waals surface area (Å²) in [6.45, 7) is 3.39. The van der Waals surface area contributed by atoms with Crippen LogP contribution in [0.5, 0.6) is 0 Å². The zero-order valence-electron chi connectivity index (χ0n) is 10.8. The highest BCUT2D eigenvalue weighted by Gasteiger charge is 2.30. The monoisotopic (exact) mass is 270 g/mol. The first kappa shape index (κ1) is 13.8. The van der Waals surface area contributed by atoms with E-state index in [0.717, 1.165) is 0 Å². The number of hydrogen-bond acceptors (Lipinski definition) is 7. The number of rotatable bonds is 5. The Morgan fingerprint density at radius 2 is 2.32 bits per heavy atom. The average Bonchev–Trinajstić information content (AvgIpc) is 2.87. The molecule has 106 valence electrons. The zero-order valence-corrected chi connectivity index (χ0v) is 10.8. The number of ether oxygens (including phenoxy) is 2. The molecule has 7 nitrogen and oxygen atoms in total. The number of aliphatic hydroxyl groups is 1. The van der Waals surface area contributed by atoms with Gasteiger partial charge in [-0.05, 0) is 6.92 Å². The van der Waals surface area contributed by atoms with E-state index < -0.39 is 11.6 Å². The van der Waals surface area contributed by atoms with Gasteiger partial charge >= 0.3 is 5.97 Å². The Bertz CT molecular complexity index is 426. The highest BCUT2D eigenvalue weighted by atomic mass is 16.5. The van der Waals surface area contributed by atoms with E-state index in [9.17, 15) is 9.90 Å². The second kappa shape index (κ2) is 6.03. The molecule has 1 saturated heterocycles. The Morgan fingerprint density at radius 3 is 3.00 bits per heavy atom. The van der Waals surface area contributed by atoms with Gasteiger partial charge in [0.15, 0.2) is 5.69 Å². The van der Waals surface area contributed by atoms with Gasteiger partial charge in [-0.1, -0.05) is 0 Å². The van der Waals surface area contributed by atoms with Gasteiger partial charge in [-0.25, -0.2) is 4.79 Å². The fourth-order valence-corrected chi connectivity index (χ4v) is 1.82. The largest absolute Gasteiger partial charge is 0.461 e. The summed E-state index contributed by atoms with van der Waals surface area (Å²) in [6.07, 6.45) is 2.35. The molecule has 2 rings (SSSR count). The predicted molar refractivity (Wildman–Crippen MR) is 66.0 cm³/mol. The maximum Gasteiger partial charge on any atom is 0.360 e. The Labute approximate surface area is 110 Å². The summed E-state index contributed by atoms with van der Waals surface area (Å²) >= 11 is 0. The van der Waals surface area contributed by atoms with Gasteiger partial charge in [-0.2, -0.15) is 4.98 Å². The van der Waals surface area contributed by atoms with Crippen molar-refractivity contribution in [1.29, 1.82) is 0 Å². The zero-order chi connectivity index (χ0) is 13.7. The average molecular weight is 270 g/mol. The van der Waals surface area contributed by atoms with Crippen LogP contribution in [0.2, 0.25) is 0 Å². The highest BCUT2D eigenvalue weighted by Crippen LogP contribution is 2.21. The number of esters is 1. The maximum absolute atomic E-state index is 11.4. The lowest BCUT2D eigenvalue weighted by Crippen LogP contribution is -2.42. The van der Waals surface area contributed by atoms with Crippen molar-refractivity contribution in [3.8, 4) is 0 Å². The van der Waals surface area contributed by atoms with Gasteiger partial charge < -0.3 is 24.3 Å². The molecule has 0 spiro atoms. The number of carbonyl (C=O) groups excluding carboxylic acids is 1. The first-order valence-electron chi connectivity index (χ1n) is 6.29. The quantitative estimate of drug-likeness (QED) is 0.764. The highest BCUT2D eigenvalue weighted by molar-refractivity contribution is 5.87. The molecule has 0 bridgehead atoms. The molecule has 1 aliphatic heterocycles. The van der Waals surface area contributed by atoms with Gasteiger partial charge in [0.25, 0.3) is 6.01 Å². The number of nitrogens with one attached hydrogen (secondary N) is 1. The maximum atomic E-state index is 11.4. The predicted octanol–water partition coefficient (Wildman–Crippen LogP) is 0.805. The molecule has 0 radical (unpaired) electrons. The molecule has 0 aliphatic carbocycles. The van der Waals surface area contributed by atoms with E-state index in [-0.39, 0.29) is 18.3 Å². The number of aromatic nitrogens is 1. The second-order valence-corrected chi connectivity index (χ2v) is 4.45. The van der Waals surface area contributed by atoms with Gasteiger partial charge in [0.2, 0.25) is 0 Å². The van der Waals surface area contributed by atoms with Crippen molar-refractivity contribution in [2.75, 3.05) is 31.7 Å². The molecule has 1 aliphatic rings. The number of hydrogen-bond donors (Lipinski definition) is 2. The van der Waals surface area contributed by atoms with Crippen LogP contribution >= 0.6 is 0 Å². The van der Waals surface area contributed by atoms with Crippen molar-refractivity contribution >= 4 is 12.0 Å². The van der Waals surface area contributed by atoms with Crippen molar-refractivity contribution in [2.24, 2.45) is 0 Å². The number of carbonyl (C=O) groups is 1. The molecule has 2 heterocycles. The first-order valence-corrected chi connectivity index (χ1v) is 6.29. The second-order valence-electron chi connectivity index (χ2n) is 4.45. The summed E-state index contributed by atoms with van der Waals surface area (Å²) in [4.78, 5) is 15.3. The minimum Gasteiger partial charge on any atom is -0.461 e. The molecule has 19 heavy (non-hydrogen) atoms. The Balaban J connectivity index is 1.87. The van der Waals surface area contributed by atoms with Crippen molar-refractivity contribution in [3.63, 3.8) is 0 Å². The van der Waals surface area contributed by atoms with E-state index >= 15 is 0 Å². The lowest BCUT2D eigenvalue weighted by Gasteiger charge is -2.31. The third-order valence-electron chi connectivity index (χ3n) is 2.98. The molecular formula is C12H18N2O5. The fraction of sp³-hybridized carbons (Fsp3) is 0.667. The topological polar surface area (TPSA) is 93.8 Å². The van der Waals surface area contributed by atoms with Crippen LogP contribution in [-0.4, -0.2) is 48.0 Å². The molecular weight excluding hydrogens is 252 g/mol. The molecule has 0 saturated carbocycles. The fourth-order valence-electron chi connectivity index (χ4n) is 1.82. The van der Waals surface area contributed by atoms with Crippen LogP contribution in [0.1, 0.15) is 30.3 Å². The minimum absolute atomic E-state index is 0.114. The third kappa shape index (κ3) is 3.68. The van der Waals surface area contributed by atoms with E-state index in [4.69, 9.17) is 13.9 Å². The molecule has 7 heteroatoms. The smallest absolute Gasteiger partial charge is 0.360 e. The van der Waals surface area contributed by atoms with Crippen molar-refractivity contribution in [3.05, 3.63) is 12.0 Å². The van der Waals surface area contributed by atoms with Gasteiger partial charge in [0.05, 0.1) is 12.2 Å². The summed E-state index contributed by atoms with van der Waals surface area (Å²) in [5.74, 6) is -0.524. The Morgan fingerprint density at radius 1 is 1.58 bits per heavy atom. The molecule has 0 aromatic carbocycles. The van der Waals surface area contributed by atoms with E-state index in [1.165, 1.54) is 6.26 Å². The van der Waals surface area contributed by atoms with Gasteiger partial charge in [-0.15, -0.1) is 0 Å². The standard InChI is InChI=1S/C12H18N2O5/c1-2-18-10(15)9-7-19-11(14-9)13-8-12(16)3-5-17-6-4-12/h7,16H,2-6,8H2,1H3,(H,13,14). The van der Waals surface area contributed by atoms with E-state index in [1.807, 2.05) is 0 Å². The molecule has 0 unspecified atom stereocenters. The normalized spacial score (nSPS) is 18.0. The summed E-state index contributed by atoms with van der Waals surface area (Å²) < 4.78 is 15.1. The van der Waals surface area contributed by atoms with Crippen molar-refractivity contribution < 1.29 is 23.8 Å². The van der Waals surface area contributed by atoms with Crippen LogP contribution < -0.4 is 5.32 Å². The van der Waals surface area contributed by atoms with E-state index in [0.29, 0.717) is 32.6 Å². The molecule has 0 amide bonds. The Kier molecular flexibility index (Phi) is 4.39. The number of oxazole rings is 1. The summed E-state index contributed by atoms with van der Waals surface area (Å²) in [7, 11) is 0. The number of anilines is 1. The van der Waals surface area contributed by atoms with Crippen LogP contribution in [0, 0.1) is 0 Å². The van der Waals surface area contributed by atoms with Gasteiger partial charge in [-0.3, -0.25) is 0 Å². The SMILES string of the molecule is CCOC(=O)c1coc(NCC2(O)CCOCC2)n1. The molecule has 0 atom stereocenters. The number of nitrogens with zero attached hydrogens (tertiary/aromatic N) is 1. The summed E-state index contributed by atoms with van der Waals surface area (Å²) in [5, 5.41) is 13.1. The lowest BCUT2D eigenvalue weighted by atomic mass is 9.94. The van der Waals surface area contributed by atoms with E-state index in [1.54, 1.807) is 6.92 Å². The van der Waals surface area contributed by atoms with Crippen molar-refractivity contribution in [2.45, 2.75) is 25.4 Å². The lowest BCUT2D eigenvalue weighted by molar-refractivity contribution is -0.0545. The summed E-state index contributed by atoms with van der Waals surface area (Å²) in [6, 6.07) is 0.197. The van der Waals surface area contributed by atoms with Gasteiger partial charge in [0, 0.05) is 32.6 Å². The molecule has 2 N–H and O–H groups in total. The first-order chi connectivity index (χ1) is 9.13.